The fourth-order valence-electron chi connectivity index (χ4n) is 2.46. The number of hydrogen-bond donors (Lipinski definition) is 1. The maximum absolute atomic E-state index is 12.7. The Bertz CT molecular complexity index is 665. The summed E-state index contributed by atoms with van der Waals surface area (Å²) in [5, 5.41) is 0.930. The predicted molar refractivity (Wildman–Crippen MR) is 86.5 cm³/mol. The molecule has 0 atom stereocenters. The van der Waals surface area contributed by atoms with Gasteiger partial charge in [-0.2, -0.15) is 11.8 Å². The number of fused-ring (bicyclic) bond motifs is 1. The summed E-state index contributed by atoms with van der Waals surface area (Å²) in [6.45, 7) is 5.91. The number of nitrogens with zero attached hydrogens (tertiary/aromatic N) is 2. The molecule has 20 heavy (non-hydrogen) atoms. The van der Waals surface area contributed by atoms with Crippen molar-refractivity contribution in [3.8, 4) is 0 Å². The van der Waals surface area contributed by atoms with Gasteiger partial charge in [0, 0.05) is 41.4 Å². The van der Waals surface area contributed by atoms with E-state index in [-0.39, 0.29) is 10.7 Å². The Morgan fingerprint density at radius 2 is 2.30 bits per heavy atom. The second-order valence-electron chi connectivity index (χ2n) is 5.55. The van der Waals surface area contributed by atoms with Crippen LogP contribution in [0.25, 0.3) is 10.1 Å². The van der Waals surface area contributed by atoms with E-state index in [0.717, 1.165) is 28.9 Å². The van der Waals surface area contributed by atoms with E-state index in [1.807, 2.05) is 22.7 Å². The van der Waals surface area contributed by atoms with Gasteiger partial charge in [-0.05, 0) is 19.9 Å². The van der Waals surface area contributed by atoms with Crippen LogP contribution in [-0.2, 0) is 0 Å². The fourth-order valence-corrected chi connectivity index (χ4v) is 4.63. The van der Waals surface area contributed by atoms with Crippen LogP contribution < -0.4 is 5.73 Å². The molecule has 0 bridgehead atoms. The molecular formula is C14H17N3OS2. The molecule has 1 aliphatic heterocycles. The van der Waals surface area contributed by atoms with Crippen LogP contribution in [-0.4, -0.2) is 39.4 Å². The summed E-state index contributed by atoms with van der Waals surface area (Å²) >= 11 is 3.35. The van der Waals surface area contributed by atoms with Crippen LogP contribution in [0.1, 0.15) is 23.5 Å². The molecule has 0 radical (unpaired) electrons. The number of rotatable bonds is 1. The number of carbonyl (C=O) groups excluding carboxylic acids is 1. The van der Waals surface area contributed by atoms with Crippen molar-refractivity contribution in [1.82, 2.24) is 9.88 Å². The number of hydrogen-bond acceptors (Lipinski definition) is 5. The molecule has 1 amide bonds. The molecule has 106 valence electrons. The molecule has 2 N–H and O–H groups in total. The molecule has 3 heterocycles. The summed E-state index contributed by atoms with van der Waals surface area (Å²) in [6, 6.07) is 1.87. The van der Waals surface area contributed by atoms with E-state index in [9.17, 15) is 4.79 Å². The third-order valence-electron chi connectivity index (χ3n) is 3.44. The number of pyridine rings is 1. The number of amides is 1. The molecule has 0 unspecified atom stereocenters. The lowest BCUT2D eigenvalue weighted by Gasteiger charge is -2.37. The molecule has 3 rings (SSSR count). The van der Waals surface area contributed by atoms with E-state index in [1.165, 1.54) is 11.3 Å². The highest BCUT2D eigenvalue weighted by molar-refractivity contribution is 8.00. The van der Waals surface area contributed by atoms with E-state index < -0.39 is 0 Å². The first-order valence-corrected chi connectivity index (χ1v) is 8.33. The molecule has 4 nitrogen and oxygen atoms in total. The lowest BCUT2D eigenvalue weighted by Crippen LogP contribution is -2.46. The average molecular weight is 307 g/mol. The van der Waals surface area contributed by atoms with Crippen molar-refractivity contribution >= 4 is 44.8 Å². The predicted octanol–water partition coefficient (Wildman–Crippen LogP) is 2.85. The number of aromatic nitrogens is 1. The molecule has 2 aromatic rings. The molecular weight excluding hydrogens is 290 g/mol. The largest absolute Gasteiger partial charge is 0.397 e. The monoisotopic (exact) mass is 307 g/mol. The number of anilines is 1. The smallest absolute Gasteiger partial charge is 0.266 e. The second kappa shape index (κ2) is 4.93. The Balaban J connectivity index is 1.94. The van der Waals surface area contributed by atoms with Gasteiger partial charge in [0.1, 0.15) is 4.88 Å². The van der Waals surface area contributed by atoms with E-state index in [1.54, 1.807) is 12.4 Å². The lowest BCUT2D eigenvalue weighted by atomic mass is 10.1. The number of nitrogen functional groups attached to an aromatic ring is 1. The molecule has 1 aliphatic rings. The lowest BCUT2D eigenvalue weighted by molar-refractivity contribution is 0.0754. The summed E-state index contributed by atoms with van der Waals surface area (Å²) in [5.41, 5.74) is 6.74. The molecule has 2 aromatic heterocycles. The zero-order valence-electron chi connectivity index (χ0n) is 11.5. The van der Waals surface area contributed by atoms with Crippen molar-refractivity contribution in [3.05, 3.63) is 23.3 Å². The minimum atomic E-state index is 0.0528. The van der Waals surface area contributed by atoms with E-state index in [0.29, 0.717) is 10.6 Å². The van der Waals surface area contributed by atoms with Crippen molar-refractivity contribution in [3.63, 3.8) is 0 Å². The van der Waals surface area contributed by atoms with Gasteiger partial charge in [0.05, 0.1) is 10.4 Å². The zero-order valence-corrected chi connectivity index (χ0v) is 13.2. The fraction of sp³-hybridized carbons (Fsp3) is 0.429. The van der Waals surface area contributed by atoms with Crippen molar-refractivity contribution in [1.29, 1.82) is 0 Å². The van der Waals surface area contributed by atoms with Crippen LogP contribution in [0, 0.1) is 0 Å². The maximum atomic E-state index is 12.7. The van der Waals surface area contributed by atoms with Gasteiger partial charge in [-0.15, -0.1) is 11.3 Å². The first-order chi connectivity index (χ1) is 9.48. The SMILES string of the molecule is CC1(C)CN(C(=O)c2sc3cnccc3c2N)CCS1. The number of thiophene rings is 1. The van der Waals surface area contributed by atoms with Gasteiger partial charge in [0.25, 0.3) is 5.91 Å². The van der Waals surface area contributed by atoms with Gasteiger partial charge in [-0.25, -0.2) is 0 Å². The van der Waals surface area contributed by atoms with Crippen LogP contribution in [0.5, 0.6) is 0 Å². The van der Waals surface area contributed by atoms with Gasteiger partial charge in [-0.3, -0.25) is 9.78 Å². The Labute approximate surface area is 126 Å². The summed E-state index contributed by atoms with van der Waals surface area (Å²) in [7, 11) is 0. The molecule has 1 saturated heterocycles. The summed E-state index contributed by atoms with van der Waals surface area (Å²) < 4.78 is 1.08. The second-order valence-corrected chi connectivity index (χ2v) is 8.41. The number of carbonyl (C=O) groups is 1. The topological polar surface area (TPSA) is 59.2 Å². The highest BCUT2D eigenvalue weighted by atomic mass is 32.2. The number of thioether (sulfide) groups is 1. The van der Waals surface area contributed by atoms with E-state index in [4.69, 9.17) is 5.73 Å². The molecule has 6 heteroatoms. The van der Waals surface area contributed by atoms with Crippen LogP contribution in [0.4, 0.5) is 5.69 Å². The quantitative estimate of drug-likeness (QED) is 0.880. The standard InChI is InChI=1S/C14H17N3OS2/c1-14(2)8-17(5-6-19-14)13(18)12-11(15)9-3-4-16-7-10(9)20-12/h3-4,7H,5-6,8,15H2,1-2H3. The van der Waals surface area contributed by atoms with Crippen LogP contribution in [0.2, 0.25) is 0 Å². The van der Waals surface area contributed by atoms with E-state index in [2.05, 4.69) is 18.8 Å². The average Bonchev–Trinajstić information content (AvgIpc) is 2.75. The summed E-state index contributed by atoms with van der Waals surface area (Å²) in [4.78, 5) is 19.4. The van der Waals surface area contributed by atoms with E-state index >= 15 is 0 Å². The van der Waals surface area contributed by atoms with Gasteiger partial charge in [0.15, 0.2) is 0 Å². The molecule has 0 aromatic carbocycles. The van der Waals surface area contributed by atoms with Gasteiger partial charge in [0.2, 0.25) is 0 Å². The maximum Gasteiger partial charge on any atom is 0.266 e. The highest BCUT2D eigenvalue weighted by Crippen LogP contribution is 2.36. The summed E-state index contributed by atoms with van der Waals surface area (Å²) in [5.74, 6) is 1.03. The van der Waals surface area contributed by atoms with Crippen molar-refractivity contribution in [2.45, 2.75) is 18.6 Å². The third-order valence-corrected chi connectivity index (χ3v) is 5.88. The third kappa shape index (κ3) is 2.38. The van der Waals surface area contributed by atoms with Gasteiger partial charge < -0.3 is 10.6 Å². The first-order valence-electron chi connectivity index (χ1n) is 6.53. The van der Waals surface area contributed by atoms with Crippen molar-refractivity contribution < 1.29 is 4.79 Å². The highest BCUT2D eigenvalue weighted by Gasteiger charge is 2.31. The summed E-state index contributed by atoms with van der Waals surface area (Å²) in [6.07, 6.45) is 3.48. The normalized spacial score (nSPS) is 18.4. The van der Waals surface area contributed by atoms with Crippen LogP contribution in [0.15, 0.2) is 18.5 Å². The molecule has 1 fully saturated rings. The van der Waals surface area contributed by atoms with Crippen LogP contribution in [0.3, 0.4) is 0 Å². The van der Waals surface area contributed by atoms with Crippen molar-refractivity contribution in [2.24, 2.45) is 0 Å². The molecule has 0 spiro atoms. The zero-order chi connectivity index (χ0) is 14.3. The van der Waals surface area contributed by atoms with Crippen molar-refractivity contribution in [2.75, 3.05) is 24.6 Å². The van der Waals surface area contributed by atoms with Gasteiger partial charge >= 0.3 is 0 Å². The Morgan fingerprint density at radius 1 is 1.50 bits per heavy atom. The molecule has 0 saturated carbocycles. The first kappa shape index (κ1) is 13.7. The minimum Gasteiger partial charge on any atom is -0.397 e. The minimum absolute atomic E-state index is 0.0528. The van der Waals surface area contributed by atoms with Gasteiger partial charge in [-0.1, -0.05) is 0 Å². The molecule has 0 aliphatic carbocycles. The Morgan fingerprint density at radius 3 is 3.00 bits per heavy atom. The van der Waals surface area contributed by atoms with Crippen LogP contribution >= 0.6 is 23.1 Å². The number of nitrogens with two attached hydrogens (primary N) is 1. The Hall–Kier alpha value is -1.27. The Kier molecular flexibility index (Phi) is 3.38.